The summed E-state index contributed by atoms with van der Waals surface area (Å²) in [5.41, 5.74) is 1.75. The van der Waals surface area contributed by atoms with Gasteiger partial charge in [0.1, 0.15) is 5.15 Å². The van der Waals surface area contributed by atoms with Crippen molar-refractivity contribution < 1.29 is 0 Å². The fourth-order valence-corrected chi connectivity index (χ4v) is 3.28. The highest BCUT2D eigenvalue weighted by molar-refractivity contribution is 9.11. The van der Waals surface area contributed by atoms with E-state index < -0.39 is 0 Å². The van der Waals surface area contributed by atoms with Crippen LogP contribution in [0.15, 0.2) is 27.1 Å². The molecule has 1 heterocycles. The molecule has 100 valence electrons. The lowest BCUT2D eigenvalue weighted by Crippen LogP contribution is -2.00. The molecule has 0 fully saturated rings. The first-order valence-corrected chi connectivity index (χ1v) is 7.92. The Bertz CT molecular complexity index is 630. The summed E-state index contributed by atoms with van der Waals surface area (Å²) < 4.78 is 1.59. The van der Waals surface area contributed by atoms with Gasteiger partial charge in [0.15, 0.2) is 5.82 Å². The monoisotopic (exact) mass is 422 g/mol. The van der Waals surface area contributed by atoms with Crippen LogP contribution in [0, 0.1) is 0 Å². The van der Waals surface area contributed by atoms with Crippen LogP contribution in [0.25, 0.3) is 11.4 Å². The van der Waals surface area contributed by atoms with Gasteiger partial charge in [-0.15, -0.1) is 0 Å². The van der Waals surface area contributed by atoms with Crippen LogP contribution in [-0.2, 0) is 0 Å². The molecule has 0 atom stereocenters. The van der Waals surface area contributed by atoms with Gasteiger partial charge in [0.2, 0.25) is 0 Å². The van der Waals surface area contributed by atoms with Crippen molar-refractivity contribution >= 4 is 55.1 Å². The Balaban J connectivity index is 2.63. The molecule has 0 aliphatic heterocycles. The van der Waals surface area contributed by atoms with Crippen LogP contribution in [0.2, 0.25) is 10.2 Å². The number of hydrogen-bond acceptors (Lipinski definition) is 2. The molecule has 0 bridgehead atoms. The lowest BCUT2D eigenvalue weighted by atomic mass is 10.1. The normalized spacial score (nSPS) is 11.1. The molecule has 1 aromatic heterocycles. The first-order chi connectivity index (χ1) is 8.90. The van der Waals surface area contributed by atoms with E-state index in [1.54, 1.807) is 6.07 Å². The van der Waals surface area contributed by atoms with Gasteiger partial charge in [-0.1, -0.05) is 37.0 Å². The van der Waals surface area contributed by atoms with Crippen LogP contribution in [0.4, 0.5) is 0 Å². The Kier molecular flexibility index (Phi) is 4.88. The topological polar surface area (TPSA) is 25.8 Å². The van der Waals surface area contributed by atoms with Gasteiger partial charge in [-0.3, -0.25) is 0 Å². The fourth-order valence-electron chi connectivity index (χ4n) is 1.61. The molecule has 0 aliphatic rings. The molecule has 2 rings (SSSR count). The molecule has 0 N–H and O–H groups in total. The van der Waals surface area contributed by atoms with Gasteiger partial charge in [-0.05, 0) is 56.0 Å². The van der Waals surface area contributed by atoms with Gasteiger partial charge < -0.3 is 0 Å². The molecule has 6 heteroatoms. The predicted molar refractivity (Wildman–Crippen MR) is 87.0 cm³/mol. The van der Waals surface area contributed by atoms with Crippen molar-refractivity contribution in [3.8, 4) is 11.4 Å². The molecular weight excluding hydrogens is 415 g/mol. The van der Waals surface area contributed by atoms with Gasteiger partial charge in [0, 0.05) is 15.1 Å². The molecule has 0 saturated heterocycles. The fraction of sp³-hybridized carbons (Fsp3) is 0.231. The minimum atomic E-state index is 0.250. The third-order valence-electron chi connectivity index (χ3n) is 2.56. The van der Waals surface area contributed by atoms with Gasteiger partial charge >= 0.3 is 0 Å². The molecule has 0 saturated carbocycles. The Labute approximate surface area is 138 Å². The summed E-state index contributed by atoms with van der Waals surface area (Å²) in [6, 6.07) is 5.48. The number of halogens is 4. The van der Waals surface area contributed by atoms with Gasteiger partial charge in [0.25, 0.3) is 0 Å². The zero-order valence-electron chi connectivity index (χ0n) is 10.2. The number of rotatable bonds is 2. The van der Waals surface area contributed by atoms with E-state index in [2.05, 4.69) is 55.7 Å². The maximum Gasteiger partial charge on any atom is 0.162 e. The molecule has 2 nitrogen and oxygen atoms in total. The minimum Gasteiger partial charge on any atom is -0.231 e. The van der Waals surface area contributed by atoms with E-state index in [-0.39, 0.29) is 5.92 Å². The van der Waals surface area contributed by atoms with Crippen LogP contribution in [-0.4, -0.2) is 9.97 Å². The molecular formula is C13H10Br2Cl2N2. The molecule has 0 amide bonds. The Morgan fingerprint density at radius 3 is 2.37 bits per heavy atom. The van der Waals surface area contributed by atoms with Crippen LogP contribution < -0.4 is 0 Å². The second-order valence-electron chi connectivity index (χ2n) is 4.32. The molecule has 19 heavy (non-hydrogen) atoms. The van der Waals surface area contributed by atoms with E-state index in [1.165, 1.54) is 0 Å². The standard InChI is InChI=1S/C13H10Br2Cl2N2/c1-6(2)11-10(15)12(17)19-13(18-11)8-4-3-7(16)5-9(8)14/h3-6H,1-2H3. The van der Waals surface area contributed by atoms with Crippen molar-refractivity contribution in [3.63, 3.8) is 0 Å². The quantitative estimate of drug-likeness (QED) is 0.544. The van der Waals surface area contributed by atoms with Crippen LogP contribution >= 0.6 is 55.1 Å². The lowest BCUT2D eigenvalue weighted by Gasteiger charge is -2.11. The lowest BCUT2D eigenvalue weighted by molar-refractivity contribution is 0.809. The predicted octanol–water partition coefficient (Wildman–Crippen LogP) is 6.10. The zero-order valence-corrected chi connectivity index (χ0v) is 14.9. The van der Waals surface area contributed by atoms with Crippen molar-refractivity contribution in [2.45, 2.75) is 19.8 Å². The van der Waals surface area contributed by atoms with Crippen molar-refractivity contribution in [1.29, 1.82) is 0 Å². The van der Waals surface area contributed by atoms with E-state index in [4.69, 9.17) is 23.2 Å². The average Bonchev–Trinajstić information content (AvgIpc) is 2.32. The summed E-state index contributed by atoms with van der Waals surface area (Å²) in [6.07, 6.45) is 0. The smallest absolute Gasteiger partial charge is 0.162 e. The summed E-state index contributed by atoms with van der Waals surface area (Å²) in [6.45, 7) is 4.12. The van der Waals surface area contributed by atoms with Gasteiger partial charge in [-0.2, -0.15) is 0 Å². The van der Waals surface area contributed by atoms with Crippen molar-refractivity contribution in [2.24, 2.45) is 0 Å². The molecule has 0 aliphatic carbocycles. The van der Waals surface area contributed by atoms with E-state index in [0.717, 1.165) is 20.2 Å². The van der Waals surface area contributed by atoms with E-state index >= 15 is 0 Å². The Morgan fingerprint density at radius 2 is 1.79 bits per heavy atom. The molecule has 0 unspecified atom stereocenters. The second kappa shape index (κ2) is 6.08. The average molecular weight is 425 g/mol. The Hall–Kier alpha value is -0.160. The molecule has 1 aromatic carbocycles. The third kappa shape index (κ3) is 3.30. The van der Waals surface area contributed by atoms with Crippen LogP contribution in [0.1, 0.15) is 25.5 Å². The number of benzene rings is 1. The summed E-state index contributed by atoms with van der Waals surface area (Å²) >= 11 is 19.0. The van der Waals surface area contributed by atoms with E-state index in [9.17, 15) is 0 Å². The maximum atomic E-state index is 6.16. The summed E-state index contributed by atoms with van der Waals surface area (Å²) in [7, 11) is 0. The third-order valence-corrected chi connectivity index (χ3v) is 4.73. The van der Waals surface area contributed by atoms with Crippen molar-refractivity contribution in [3.05, 3.63) is 43.0 Å². The second-order valence-corrected chi connectivity index (χ2v) is 6.76. The molecule has 0 radical (unpaired) electrons. The highest BCUT2D eigenvalue weighted by Crippen LogP contribution is 2.34. The van der Waals surface area contributed by atoms with E-state index in [0.29, 0.717) is 16.0 Å². The van der Waals surface area contributed by atoms with Crippen LogP contribution in [0.3, 0.4) is 0 Å². The first kappa shape index (κ1) is 15.2. The van der Waals surface area contributed by atoms with Crippen molar-refractivity contribution in [2.75, 3.05) is 0 Å². The maximum absolute atomic E-state index is 6.16. The number of aromatic nitrogens is 2. The van der Waals surface area contributed by atoms with Crippen LogP contribution in [0.5, 0.6) is 0 Å². The summed E-state index contributed by atoms with van der Waals surface area (Å²) in [4.78, 5) is 8.89. The largest absolute Gasteiger partial charge is 0.231 e. The van der Waals surface area contributed by atoms with E-state index in [1.807, 2.05) is 12.1 Å². The first-order valence-electron chi connectivity index (χ1n) is 5.58. The summed E-state index contributed by atoms with van der Waals surface area (Å²) in [5.74, 6) is 0.833. The summed E-state index contributed by atoms with van der Waals surface area (Å²) in [5, 5.41) is 1.07. The molecule has 0 spiro atoms. The highest BCUT2D eigenvalue weighted by atomic mass is 79.9. The number of hydrogen-bond donors (Lipinski definition) is 0. The van der Waals surface area contributed by atoms with Crippen molar-refractivity contribution in [1.82, 2.24) is 9.97 Å². The Morgan fingerprint density at radius 1 is 1.11 bits per heavy atom. The SMILES string of the molecule is CC(C)c1nc(-c2ccc(Cl)cc2Br)nc(Cl)c1Br. The van der Waals surface area contributed by atoms with Gasteiger partial charge in [-0.25, -0.2) is 9.97 Å². The minimum absolute atomic E-state index is 0.250. The number of nitrogens with zero attached hydrogens (tertiary/aromatic N) is 2. The highest BCUT2D eigenvalue weighted by Gasteiger charge is 2.16. The van der Waals surface area contributed by atoms with Gasteiger partial charge in [0.05, 0.1) is 10.2 Å². The molecule has 2 aromatic rings. The zero-order chi connectivity index (χ0) is 14.2.